The van der Waals surface area contributed by atoms with Crippen LogP contribution in [0.25, 0.3) is 0 Å². The number of thiocarbonyl (C=S) groups is 1. The molecule has 0 aliphatic heterocycles. The van der Waals surface area contributed by atoms with Crippen molar-refractivity contribution in [2.45, 2.75) is 19.9 Å². The minimum absolute atomic E-state index is 0.0497. The van der Waals surface area contributed by atoms with Gasteiger partial charge in [0.25, 0.3) is 5.91 Å². The molecule has 3 N–H and O–H groups in total. The first-order valence-corrected chi connectivity index (χ1v) is 11.5. The third kappa shape index (κ3) is 5.70. The van der Waals surface area contributed by atoms with E-state index in [1.807, 2.05) is 13.8 Å². The van der Waals surface area contributed by atoms with Gasteiger partial charge in [-0.2, -0.15) is 0 Å². The summed E-state index contributed by atoms with van der Waals surface area (Å²) in [6.07, 6.45) is 0. The van der Waals surface area contributed by atoms with Crippen molar-refractivity contribution in [3.05, 3.63) is 91.9 Å². The molecule has 0 radical (unpaired) electrons. The van der Waals surface area contributed by atoms with Crippen LogP contribution in [0.3, 0.4) is 0 Å². The molecule has 0 saturated heterocycles. The van der Waals surface area contributed by atoms with E-state index in [9.17, 15) is 13.6 Å². The van der Waals surface area contributed by atoms with Gasteiger partial charge in [0.2, 0.25) is 0 Å². The van der Waals surface area contributed by atoms with Gasteiger partial charge in [-0.05, 0) is 99.4 Å². The monoisotopic (exact) mass is 581 g/mol. The molecule has 1 amide bonds. The van der Waals surface area contributed by atoms with Gasteiger partial charge < -0.3 is 16.0 Å². The Kier molecular flexibility index (Phi) is 7.97. The Morgan fingerprint density at radius 1 is 1.03 bits per heavy atom. The lowest BCUT2D eigenvalue weighted by Gasteiger charge is -2.20. The van der Waals surface area contributed by atoms with E-state index in [-0.39, 0.29) is 17.4 Å². The predicted octanol–water partition coefficient (Wildman–Crippen LogP) is 7.10. The first-order chi connectivity index (χ1) is 15.2. The molecule has 0 aliphatic rings. The molecule has 3 aromatic carbocycles. The van der Waals surface area contributed by atoms with Crippen LogP contribution < -0.4 is 16.0 Å². The zero-order chi connectivity index (χ0) is 23.4. The van der Waals surface area contributed by atoms with Gasteiger partial charge in [0, 0.05) is 14.6 Å². The van der Waals surface area contributed by atoms with Gasteiger partial charge in [0.1, 0.15) is 11.6 Å². The average molecular weight is 583 g/mol. The molecular weight excluding hydrogens is 564 g/mol. The van der Waals surface area contributed by atoms with Crippen LogP contribution in [0.5, 0.6) is 0 Å². The highest BCUT2D eigenvalue weighted by Crippen LogP contribution is 2.38. The third-order valence-corrected chi connectivity index (χ3v) is 6.62. The van der Waals surface area contributed by atoms with Crippen LogP contribution in [0.15, 0.2) is 63.5 Å². The van der Waals surface area contributed by atoms with Gasteiger partial charge in [-0.25, -0.2) is 8.78 Å². The molecule has 9 heteroatoms. The fraction of sp³-hybridized carbons (Fsp3) is 0.130. The summed E-state index contributed by atoms with van der Waals surface area (Å²) in [5.74, 6) is -1.46. The predicted molar refractivity (Wildman–Crippen MR) is 135 cm³/mol. The molecule has 3 rings (SSSR count). The highest BCUT2D eigenvalue weighted by atomic mass is 79.9. The second-order valence-corrected chi connectivity index (χ2v) is 9.08. The van der Waals surface area contributed by atoms with E-state index in [0.29, 0.717) is 25.4 Å². The van der Waals surface area contributed by atoms with Gasteiger partial charge in [-0.3, -0.25) is 4.79 Å². The van der Waals surface area contributed by atoms with Crippen LogP contribution >= 0.6 is 44.1 Å². The molecular formula is C23H19Br2F2N3OS. The summed E-state index contributed by atoms with van der Waals surface area (Å²) >= 11 is 12.4. The van der Waals surface area contributed by atoms with Crippen molar-refractivity contribution in [1.29, 1.82) is 0 Å². The van der Waals surface area contributed by atoms with Crippen molar-refractivity contribution in [1.82, 2.24) is 5.32 Å². The second-order valence-electron chi connectivity index (χ2n) is 7.03. The van der Waals surface area contributed by atoms with Gasteiger partial charge >= 0.3 is 0 Å². The molecule has 0 heterocycles. The third-order valence-electron chi connectivity index (χ3n) is 4.79. The van der Waals surface area contributed by atoms with Crippen LogP contribution in [0.2, 0.25) is 0 Å². The molecule has 0 bridgehead atoms. The quantitative estimate of drug-likeness (QED) is 0.281. The number of anilines is 2. The first kappa shape index (κ1) is 24.3. The van der Waals surface area contributed by atoms with Gasteiger partial charge in [-0.1, -0.05) is 24.3 Å². The molecule has 1 unspecified atom stereocenters. The van der Waals surface area contributed by atoms with Crippen molar-refractivity contribution < 1.29 is 13.6 Å². The average Bonchev–Trinajstić information content (AvgIpc) is 2.75. The van der Waals surface area contributed by atoms with Crippen LogP contribution in [0.1, 0.15) is 34.5 Å². The Balaban J connectivity index is 1.75. The van der Waals surface area contributed by atoms with E-state index in [0.717, 1.165) is 11.1 Å². The summed E-state index contributed by atoms with van der Waals surface area (Å²) < 4.78 is 28.3. The number of nitrogens with one attached hydrogen (secondary N) is 3. The summed E-state index contributed by atoms with van der Waals surface area (Å²) in [5.41, 5.74) is 2.80. The minimum atomic E-state index is -0.598. The molecule has 0 saturated carbocycles. The number of amides is 1. The van der Waals surface area contributed by atoms with Crippen molar-refractivity contribution in [3.63, 3.8) is 0 Å². The maximum Gasteiger partial charge on any atom is 0.258 e. The molecule has 0 spiro atoms. The van der Waals surface area contributed by atoms with Gasteiger partial charge in [-0.15, -0.1) is 0 Å². The number of halogens is 4. The number of rotatable bonds is 5. The van der Waals surface area contributed by atoms with Crippen molar-refractivity contribution in [2.24, 2.45) is 0 Å². The smallest absolute Gasteiger partial charge is 0.258 e. The van der Waals surface area contributed by atoms with Crippen LogP contribution in [0, 0.1) is 18.6 Å². The first-order valence-electron chi connectivity index (χ1n) is 9.54. The second kappa shape index (κ2) is 10.5. The number of carbonyl (C=O) groups is 1. The lowest BCUT2D eigenvalue weighted by atomic mass is 10.1. The Hall–Kier alpha value is -2.36. The summed E-state index contributed by atoms with van der Waals surface area (Å²) in [4.78, 5) is 12.5. The standard InChI is InChI=1S/C23H19Br2F2N3OS/c1-12-19(29-23(32)28-13(2)14-7-9-15(26)10-8-14)11-17(24)21(20(12)25)30-22(31)16-5-3-4-6-18(16)27/h3-11,13H,1-2H3,(H,30,31)(H2,28,29,32). The number of hydrogen-bond acceptors (Lipinski definition) is 2. The molecule has 166 valence electrons. The van der Waals surface area contributed by atoms with E-state index >= 15 is 0 Å². The highest BCUT2D eigenvalue weighted by molar-refractivity contribution is 9.11. The van der Waals surface area contributed by atoms with Gasteiger partial charge in [0.05, 0.1) is 17.3 Å². The molecule has 32 heavy (non-hydrogen) atoms. The Labute approximate surface area is 207 Å². The van der Waals surface area contributed by atoms with Crippen molar-refractivity contribution in [2.75, 3.05) is 10.6 Å². The molecule has 0 aliphatic carbocycles. The number of carbonyl (C=O) groups excluding carboxylic acids is 1. The van der Waals surface area contributed by atoms with Gasteiger partial charge in [0.15, 0.2) is 5.11 Å². The zero-order valence-electron chi connectivity index (χ0n) is 17.1. The molecule has 0 fully saturated rings. The Bertz CT molecular complexity index is 1170. The van der Waals surface area contributed by atoms with E-state index in [1.54, 1.807) is 24.3 Å². The van der Waals surface area contributed by atoms with Crippen molar-refractivity contribution in [3.8, 4) is 0 Å². The Morgan fingerprint density at radius 2 is 1.69 bits per heavy atom. The zero-order valence-corrected chi connectivity index (χ0v) is 21.1. The summed E-state index contributed by atoms with van der Waals surface area (Å²) in [5, 5.41) is 9.42. The lowest BCUT2D eigenvalue weighted by molar-refractivity contribution is 0.102. The normalized spacial score (nSPS) is 11.6. The van der Waals surface area contributed by atoms with E-state index in [1.165, 1.54) is 30.3 Å². The number of hydrogen-bond donors (Lipinski definition) is 3. The summed E-state index contributed by atoms with van der Waals surface area (Å²) in [6.45, 7) is 3.77. The SMILES string of the molecule is Cc1c(NC(=S)NC(C)c2ccc(F)cc2)cc(Br)c(NC(=O)c2ccccc2F)c1Br. The molecule has 3 aromatic rings. The van der Waals surface area contributed by atoms with Crippen molar-refractivity contribution >= 4 is 66.5 Å². The fourth-order valence-corrected chi connectivity index (χ4v) is 4.58. The Morgan fingerprint density at radius 3 is 2.34 bits per heavy atom. The highest BCUT2D eigenvalue weighted by Gasteiger charge is 2.18. The summed E-state index contributed by atoms with van der Waals surface area (Å²) in [6, 6.07) is 13.6. The van der Waals surface area contributed by atoms with E-state index < -0.39 is 11.7 Å². The number of benzene rings is 3. The van der Waals surface area contributed by atoms with Crippen LogP contribution in [-0.2, 0) is 0 Å². The van der Waals surface area contributed by atoms with Crippen LogP contribution in [-0.4, -0.2) is 11.0 Å². The molecule has 0 aromatic heterocycles. The topological polar surface area (TPSA) is 53.2 Å². The maximum absolute atomic E-state index is 13.9. The lowest BCUT2D eigenvalue weighted by Crippen LogP contribution is -2.31. The maximum atomic E-state index is 13.9. The fourth-order valence-electron chi connectivity index (χ4n) is 2.98. The largest absolute Gasteiger partial charge is 0.356 e. The molecule has 1 atom stereocenters. The van der Waals surface area contributed by atoms with Crippen LogP contribution in [0.4, 0.5) is 20.2 Å². The molecule has 4 nitrogen and oxygen atoms in total. The van der Waals surface area contributed by atoms with E-state index in [4.69, 9.17) is 12.2 Å². The minimum Gasteiger partial charge on any atom is -0.356 e. The summed E-state index contributed by atoms with van der Waals surface area (Å²) in [7, 11) is 0. The van der Waals surface area contributed by atoms with E-state index in [2.05, 4.69) is 47.8 Å².